The molecule has 4 heterocycles. The van der Waals surface area contributed by atoms with Gasteiger partial charge in [0, 0.05) is 42.6 Å². The van der Waals surface area contributed by atoms with Gasteiger partial charge in [0.1, 0.15) is 0 Å². The van der Waals surface area contributed by atoms with Crippen molar-refractivity contribution in [2.45, 2.75) is 46.2 Å². The highest BCUT2D eigenvalue weighted by Gasteiger charge is 2.16. The number of tetrazole rings is 1. The van der Waals surface area contributed by atoms with E-state index in [1.54, 1.807) is 21.5 Å². The number of hydrogen-bond donors (Lipinski definition) is 1. The molecule has 0 fully saturated rings. The lowest BCUT2D eigenvalue weighted by Crippen LogP contribution is -2.26. The highest BCUT2D eigenvalue weighted by molar-refractivity contribution is 5.70. The van der Waals surface area contributed by atoms with Gasteiger partial charge in [-0.3, -0.25) is 9.55 Å². The Kier molecular flexibility index (Phi) is 6.34. The predicted molar refractivity (Wildman–Crippen MR) is 132 cm³/mol. The van der Waals surface area contributed by atoms with Crippen LogP contribution in [0.2, 0.25) is 0 Å². The normalized spacial score (nSPS) is 11.3. The Balaban J connectivity index is 1.49. The van der Waals surface area contributed by atoms with Gasteiger partial charge in [-0.1, -0.05) is 38.5 Å². The second kappa shape index (κ2) is 9.88. The molecule has 0 spiro atoms. The summed E-state index contributed by atoms with van der Waals surface area (Å²) in [7, 11) is 0. The minimum absolute atomic E-state index is 0.107. The first-order chi connectivity index (χ1) is 17.2. The van der Waals surface area contributed by atoms with Crippen LogP contribution in [-0.4, -0.2) is 44.3 Å². The number of rotatable bonds is 9. The van der Waals surface area contributed by atoms with Gasteiger partial charge >= 0.3 is 5.69 Å². The van der Waals surface area contributed by atoms with E-state index < -0.39 is 0 Å². The molecule has 1 aromatic carbocycles. The van der Waals surface area contributed by atoms with Crippen molar-refractivity contribution < 1.29 is 0 Å². The first kappa shape index (κ1) is 22.5. The van der Waals surface area contributed by atoms with Crippen LogP contribution in [0.5, 0.6) is 0 Å². The zero-order chi connectivity index (χ0) is 24.2. The van der Waals surface area contributed by atoms with Crippen LogP contribution in [0.4, 0.5) is 0 Å². The van der Waals surface area contributed by atoms with E-state index in [0.29, 0.717) is 18.3 Å². The summed E-state index contributed by atoms with van der Waals surface area (Å²) >= 11 is 0. The van der Waals surface area contributed by atoms with Gasteiger partial charge in [-0.15, -0.1) is 5.10 Å². The molecule has 10 nitrogen and oxygen atoms in total. The third kappa shape index (κ3) is 4.54. The van der Waals surface area contributed by atoms with E-state index >= 15 is 0 Å². The van der Waals surface area contributed by atoms with E-state index in [4.69, 9.17) is 0 Å². The van der Waals surface area contributed by atoms with E-state index in [1.165, 1.54) is 0 Å². The Labute approximate surface area is 202 Å². The monoisotopic (exact) mass is 469 g/mol. The lowest BCUT2D eigenvalue weighted by molar-refractivity contribution is 0.636. The maximum Gasteiger partial charge on any atom is 0.335 e. The third-order valence-electron chi connectivity index (χ3n) is 5.89. The SMILES string of the molecule is CCCc1cn(-c2nccn2CCC)c(=O)n1Cc1cc(-c2cccc(-c3nnn[nH]3)c2)ccn1. The van der Waals surface area contributed by atoms with Gasteiger partial charge in [-0.25, -0.2) is 19.4 Å². The lowest BCUT2D eigenvalue weighted by Gasteiger charge is -2.09. The van der Waals surface area contributed by atoms with Gasteiger partial charge in [0.2, 0.25) is 5.95 Å². The molecule has 5 rings (SSSR count). The number of H-pyrrole nitrogens is 1. The van der Waals surface area contributed by atoms with Gasteiger partial charge in [0.25, 0.3) is 0 Å². The average molecular weight is 470 g/mol. The fraction of sp³-hybridized carbons (Fsp3) is 0.280. The highest BCUT2D eigenvalue weighted by Crippen LogP contribution is 2.24. The number of aromatic nitrogens is 9. The molecule has 0 aliphatic carbocycles. The zero-order valence-electron chi connectivity index (χ0n) is 19.8. The van der Waals surface area contributed by atoms with E-state index in [1.807, 2.05) is 53.4 Å². The molecule has 0 saturated heterocycles. The largest absolute Gasteiger partial charge is 0.335 e. The van der Waals surface area contributed by atoms with Crippen LogP contribution in [0, 0.1) is 0 Å². The Morgan fingerprint density at radius 3 is 2.63 bits per heavy atom. The van der Waals surface area contributed by atoms with E-state index in [9.17, 15) is 4.79 Å². The Morgan fingerprint density at radius 2 is 1.83 bits per heavy atom. The van der Waals surface area contributed by atoms with Crippen molar-refractivity contribution in [3.05, 3.63) is 83.1 Å². The molecule has 0 unspecified atom stereocenters. The van der Waals surface area contributed by atoms with Gasteiger partial charge in [-0.05, 0) is 52.6 Å². The Morgan fingerprint density at radius 1 is 0.971 bits per heavy atom. The summed E-state index contributed by atoms with van der Waals surface area (Å²) in [6.45, 7) is 5.41. The van der Waals surface area contributed by atoms with Crippen molar-refractivity contribution in [2.75, 3.05) is 0 Å². The minimum atomic E-state index is -0.107. The maximum absolute atomic E-state index is 13.5. The lowest BCUT2D eigenvalue weighted by atomic mass is 10.0. The molecular formula is C25H27N9O. The summed E-state index contributed by atoms with van der Waals surface area (Å²) in [5.41, 5.74) is 4.59. The molecule has 178 valence electrons. The number of nitrogens with zero attached hydrogens (tertiary/aromatic N) is 8. The minimum Gasteiger partial charge on any atom is -0.317 e. The average Bonchev–Trinajstić information content (AvgIpc) is 3.63. The number of nitrogens with one attached hydrogen (secondary N) is 1. The standard InChI is InChI=1S/C25H27N9O/c1-3-6-22-17-34(24-27-11-13-32(24)12-4-2)25(35)33(22)16-21-15-19(9-10-26-21)18-7-5-8-20(14-18)23-28-30-31-29-23/h5,7-11,13-15,17H,3-4,6,12,16H2,1-2H3,(H,28,29,30,31). The quantitative estimate of drug-likeness (QED) is 0.354. The first-order valence-corrected chi connectivity index (χ1v) is 11.8. The molecule has 0 amide bonds. The molecule has 0 radical (unpaired) electrons. The van der Waals surface area contributed by atoms with Gasteiger partial charge in [0.05, 0.1) is 12.2 Å². The molecule has 0 atom stereocenters. The predicted octanol–water partition coefficient (Wildman–Crippen LogP) is 3.49. The number of aromatic amines is 1. The van der Waals surface area contributed by atoms with Crippen LogP contribution in [0.3, 0.4) is 0 Å². The topological polar surface area (TPSA) is 112 Å². The van der Waals surface area contributed by atoms with Crippen molar-refractivity contribution >= 4 is 0 Å². The van der Waals surface area contributed by atoms with E-state index in [0.717, 1.165) is 53.9 Å². The molecule has 0 saturated carbocycles. The molecule has 0 aliphatic rings. The summed E-state index contributed by atoms with van der Waals surface area (Å²) in [6, 6.07) is 12.0. The van der Waals surface area contributed by atoms with Crippen molar-refractivity contribution in [2.24, 2.45) is 0 Å². The third-order valence-corrected chi connectivity index (χ3v) is 5.89. The molecule has 5 aromatic rings. The van der Waals surface area contributed by atoms with Crippen molar-refractivity contribution in [1.82, 2.24) is 44.3 Å². The molecule has 35 heavy (non-hydrogen) atoms. The summed E-state index contributed by atoms with van der Waals surface area (Å²) < 4.78 is 5.47. The number of benzene rings is 1. The van der Waals surface area contributed by atoms with Crippen LogP contribution in [0.25, 0.3) is 28.5 Å². The summed E-state index contributed by atoms with van der Waals surface area (Å²) in [5, 5.41) is 14.1. The molecule has 0 aliphatic heterocycles. The molecule has 1 N–H and O–H groups in total. The summed E-state index contributed by atoms with van der Waals surface area (Å²) in [4.78, 5) is 22.5. The number of aryl methyl sites for hydroxylation is 2. The van der Waals surface area contributed by atoms with Gasteiger partial charge in [-0.2, -0.15) is 0 Å². The second-order valence-electron chi connectivity index (χ2n) is 8.40. The smallest absolute Gasteiger partial charge is 0.317 e. The second-order valence-corrected chi connectivity index (χ2v) is 8.40. The fourth-order valence-corrected chi connectivity index (χ4v) is 4.27. The van der Waals surface area contributed by atoms with Crippen molar-refractivity contribution in [1.29, 1.82) is 0 Å². The fourth-order valence-electron chi connectivity index (χ4n) is 4.27. The molecule has 0 bridgehead atoms. The van der Waals surface area contributed by atoms with Crippen molar-refractivity contribution in [3.63, 3.8) is 0 Å². The zero-order valence-corrected chi connectivity index (χ0v) is 19.8. The summed E-state index contributed by atoms with van der Waals surface area (Å²) in [5.74, 6) is 1.26. The molecule has 10 heteroatoms. The van der Waals surface area contributed by atoms with Crippen LogP contribution in [-0.2, 0) is 19.5 Å². The number of pyridine rings is 1. The van der Waals surface area contributed by atoms with Gasteiger partial charge in [0.15, 0.2) is 5.82 Å². The van der Waals surface area contributed by atoms with Crippen molar-refractivity contribution in [3.8, 4) is 28.5 Å². The first-order valence-electron chi connectivity index (χ1n) is 11.8. The maximum atomic E-state index is 13.5. The van der Waals surface area contributed by atoms with Crippen LogP contribution in [0.15, 0.2) is 66.0 Å². The van der Waals surface area contributed by atoms with Gasteiger partial charge < -0.3 is 4.57 Å². The Hall–Kier alpha value is -4.34. The number of hydrogen-bond acceptors (Lipinski definition) is 6. The highest BCUT2D eigenvalue weighted by atomic mass is 16.1. The number of imidazole rings is 2. The van der Waals surface area contributed by atoms with E-state index in [2.05, 4.69) is 44.4 Å². The van der Waals surface area contributed by atoms with Crippen LogP contribution < -0.4 is 5.69 Å². The summed E-state index contributed by atoms with van der Waals surface area (Å²) in [6.07, 6.45) is 10.0. The molecular weight excluding hydrogens is 442 g/mol. The Bertz CT molecular complexity index is 1480. The van der Waals surface area contributed by atoms with Crippen LogP contribution >= 0.6 is 0 Å². The molecule has 4 aromatic heterocycles. The van der Waals surface area contributed by atoms with Crippen LogP contribution in [0.1, 0.15) is 38.1 Å². The van der Waals surface area contributed by atoms with E-state index in [-0.39, 0.29) is 5.69 Å².